The van der Waals surface area contributed by atoms with Gasteiger partial charge in [0, 0.05) is 26.8 Å². The van der Waals surface area contributed by atoms with E-state index < -0.39 is 0 Å². The highest BCUT2D eigenvalue weighted by Crippen LogP contribution is 2.27. The molecule has 0 spiro atoms. The van der Waals surface area contributed by atoms with Crippen molar-refractivity contribution in [3.8, 4) is 0 Å². The molecule has 1 rings (SSSR count). The van der Waals surface area contributed by atoms with Crippen molar-refractivity contribution >= 4 is 49.2 Å². The van der Waals surface area contributed by atoms with Gasteiger partial charge in [-0.1, -0.05) is 12.1 Å². The standard InChI is InChI=1S/C9H7Br2ClO/c10-7-3-1-2-6(9(7)11)8(13)4-5-12/h1-3H,4-5H2. The number of rotatable bonds is 3. The molecule has 0 unspecified atom stereocenters. The van der Waals surface area contributed by atoms with Gasteiger partial charge in [0.2, 0.25) is 0 Å². The molecule has 0 fully saturated rings. The molecule has 1 aromatic carbocycles. The van der Waals surface area contributed by atoms with Crippen molar-refractivity contribution in [1.82, 2.24) is 0 Å². The fourth-order valence-corrected chi connectivity index (χ4v) is 1.96. The summed E-state index contributed by atoms with van der Waals surface area (Å²) >= 11 is 12.2. The minimum atomic E-state index is 0.0585. The number of alkyl halides is 1. The van der Waals surface area contributed by atoms with E-state index in [1.807, 2.05) is 12.1 Å². The fourth-order valence-electron chi connectivity index (χ4n) is 0.940. The summed E-state index contributed by atoms with van der Waals surface area (Å²) in [6.45, 7) is 0. The maximum Gasteiger partial charge on any atom is 0.165 e. The van der Waals surface area contributed by atoms with Crippen LogP contribution in [0.25, 0.3) is 0 Å². The summed E-state index contributed by atoms with van der Waals surface area (Å²) in [6, 6.07) is 5.49. The van der Waals surface area contributed by atoms with Crippen LogP contribution in [0.4, 0.5) is 0 Å². The largest absolute Gasteiger partial charge is 0.294 e. The SMILES string of the molecule is O=C(CCCl)c1cccc(Br)c1Br. The molecule has 13 heavy (non-hydrogen) atoms. The second-order valence-corrected chi connectivity index (χ2v) is 4.49. The van der Waals surface area contributed by atoms with Gasteiger partial charge in [-0.05, 0) is 37.9 Å². The summed E-state index contributed by atoms with van der Waals surface area (Å²) in [5, 5.41) is 0. The van der Waals surface area contributed by atoms with Crippen LogP contribution in [-0.2, 0) is 0 Å². The van der Waals surface area contributed by atoms with E-state index in [0.29, 0.717) is 17.9 Å². The zero-order valence-corrected chi connectivity index (χ0v) is 10.6. The highest BCUT2D eigenvalue weighted by molar-refractivity contribution is 9.13. The zero-order chi connectivity index (χ0) is 9.84. The molecule has 4 heteroatoms. The van der Waals surface area contributed by atoms with Crippen molar-refractivity contribution in [2.24, 2.45) is 0 Å². The Morgan fingerprint density at radius 3 is 2.69 bits per heavy atom. The Kier molecular flexibility index (Phi) is 4.42. The van der Waals surface area contributed by atoms with Crippen LogP contribution in [0, 0.1) is 0 Å². The molecule has 1 nitrogen and oxygen atoms in total. The number of ketones is 1. The number of carbonyl (C=O) groups is 1. The van der Waals surface area contributed by atoms with Crippen LogP contribution >= 0.6 is 43.5 Å². The Bertz CT molecular complexity index is 325. The summed E-state index contributed by atoms with van der Waals surface area (Å²) in [6.07, 6.45) is 0.372. The molecule has 0 bridgehead atoms. The Morgan fingerprint density at radius 1 is 1.38 bits per heavy atom. The zero-order valence-electron chi connectivity index (χ0n) is 6.69. The second-order valence-electron chi connectivity index (χ2n) is 2.46. The van der Waals surface area contributed by atoms with E-state index in [2.05, 4.69) is 31.9 Å². The lowest BCUT2D eigenvalue weighted by atomic mass is 10.1. The summed E-state index contributed by atoms with van der Waals surface area (Å²) in [5.41, 5.74) is 0.676. The molecule has 0 radical (unpaired) electrons. The number of halogens is 3. The molecule has 0 amide bonds. The van der Waals surface area contributed by atoms with Gasteiger partial charge in [0.1, 0.15) is 0 Å². The lowest BCUT2D eigenvalue weighted by Gasteiger charge is -2.03. The van der Waals surface area contributed by atoms with Gasteiger partial charge in [-0.25, -0.2) is 0 Å². The molecule has 0 heterocycles. The normalized spacial score (nSPS) is 10.1. The Morgan fingerprint density at radius 2 is 2.08 bits per heavy atom. The van der Waals surface area contributed by atoms with Crippen LogP contribution in [0.15, 0.2) is 27.1 Å². The van der Waals surface area contributed by atoms with E-state index >= 15 is 0 Å². The minimum Gasteiger partial charge on any atom is -0.294 e. The van der Waals surface area contributed by atoms with Crippen molar-refractivity contribution in [2.45, 2.75) is 6.42 Å². The molecule has 70 valence electrons. The second kappa shape index (κ2) is 5.13. The Labute approximate surface area is 98.7 Å². The average molecular weight is 326 g/mol. The third-order valence-corrected chi connectivity index (χ3v) is 3.81. The molecule has 0 aliphatic carbocycles. The first kappa shape index (κ1) is 11.2. The van der Waals surface area contributed by atoms with Crippen molar-refractivity contribution in [1.29, 1.82) is 0 Å². The first-order valence-corrected chi connectivity index (χ1v) is 5.82. The van der Waals surface area contributed by atoms with Gasteiger partial charge in [-0.2, -0.15) is 0 Å². The summed E-state index contributed by atoms with van der Waals surface area (Å²) in [4.78, 5) is 11.5. The van der Waals surface area contributed by atoms with Gasteiger partial charge in [-0.15, -0.1) is 11.6 Å². The van der Waals surface area contributed by atoms with E-state index in [0.717, 1.165) is 8.95 Å². The molecule has 0 aromatic heterocycles. The molecule has 0 saturated heterocycles. The van der Waals surface area contributed by atoms with Crippen molar-refractivity contribution in [3.63, 3.8) is 0 Å². The molecule has 0 aliphatic rings. The smallest absolute Gasteiger partial charge is 0.165 e. The van der Waals surface area contributed by atoms with Gasteiger partial charge < -0.3 is 0 Å². The van der Waals surface area contributed by atoms with E-state index in [4.69, 9.17) is 11.6 Å². The number of hydrogen-bond donors (Lipinski definition) is 0. The van der Waals surface area contributed by atoms with Crippen molar-refractivity contribution < 1.29 is 4.79 Å². The maximum atomic E-state index is 11.5. The third-order valence-electron chi connectivity index (χ3n) is 1.57. The van der Waals surface area contributed by atoms with Gasteiger partial charge in [0.25, 0.3) is 0 Å². The molecule has 0 atom stereocenters. The topological polar surface area (TPSA) is 17.1 Å². The van der Waals surface area contributed by atoms with E-state index in [-0.39, 0.29) is 5.78 Å². The van der Waals surface area contributed by atoms with Crippen LogP contribution in [0.5, 0.6) is 0 Å². The Hall–Kier alpha value is 0.140. The predicted octanol–water partition coefficient (Wildman–Crippen LogP) is 4.02. The predicted molar refractivity (Wildman–Crippen MR) is 61.5 cm³/mol. The number of Topliss-reactive ketones (excluding diaryl/α,β-unsaturated/α-hetero) is 1. The molecular weight excluding hydrogens is 319 g/mol. The molecule has 1 aromatic rings. The van der Waals surface area contributed by atoms with E-state index in [1.165, 1.54) is 0 Å². The lowest BCUT2D eigenvalue weighted by molar-refractivity contribution is 0.0988. The van der Waals surface area contributed by atoms with Gasteiger partial charge in [-0.3, -0.25) is 4.79 Å². The van der Waals surface area contributed by atoms with Crippen LogP contribution in [0.1, 0.15) is 16.8 Å². The molecule has 0 saturated carbocycles. The van der Waals surface area contributed by atoms with Crippen LogP contribution in [0.3, 0.4) is 0 Å². The van der Waals surface area contributed by atoms with Crippen molar-refractivity contribution in [3.05, 3.63) is 32.7 Å². The lowest BCUT2D eigenvalue weighted by Crippen LogP contribution is -2.00. The van der Waals surface area contributed by atoms with Crippen LogP contribution in [0.2, 0.25) is 0 Å². The summed E-state index contributed by atoms with van der Waals surface area (Å²) in [5.74, 6) is 0.417. The molecule has 0 N–H and O–H groups in total. The van der Waals surface area contributed by atoms with Gasteiger partial charge in [0.05, 0.1) is 0 Å². The fraction of sp³-hybridized carbons (Fsp3) is 0.222. The van der Waals surface area contributed by atoms with Crippen LogP contribution < -0.4 is 0 Å². The van der Waals surface area contributed by atoms with Gasteiger partial charge in [0.15, 0.2) is 5.78 Å². The Balaban J connectivity index is 3.01. The summed E-state index contributed by atoms with van der Waals surface area (Å²) < 4.78 is 1.68. The van der Waals surface area contributed by atoms with Crippen LogP contribution in [-0.4, -0.2) is 11.7 Å². The maximum absolute atomic E-state index is 11.5. The number of benzene rings is 1. The minimum absolute atomic E-state index is 0.0585. The molecular formula is C9H7Br2ClO. The third kappa shape index (κ3) is 2.79. The van der Waals surface area contributed by atoms with E-state index in [9.17, 15) is 4.79 Å². The van der Waals surface area contributed by atoms with Crippen molar-refractivity contribution in [2.75, 3.05) is 5.88 Å². The highest BCUT2D eigenvalue weighted by Gasteiger charge is 2.10. The first-order valence-electron chi connectivity index (χ1n) is 3.70. The number of hydrogen-bond acceptors (Lipinski definition) is 1. The molecule has 0 aliphatic heterocycles. The highest BCUT2D eigenvalue weighted by atomic mass is 79.9. The number of carbonyl (C=O) groups excluding carboxylic acids is 1. The summed E-state index contributed by atoms with van der Waals surface area (Å²) in [7, 11) is 0. The van der Waals surface area contributed by atoms with E-state index in [1.54, 1.807) is 6.07 Å². The quantitative estimate of drug-likeness (QED) is 0.605. The first-order chi connectivity index (χ1) is 6.16. The monoisotopic (exact) mass is 324 g/mol. The van der Waals surface area contributed by atoms with Gasteiger partial charge >= 0.3 is 0 Å². The average Bonchev–Trinajstić information content (AvgIpc) is 2.10.